The van der Waals surface area contributed by atoms with Crippen LogP contribution in [-0.4, -0.2) is 20.1 Å². The number of H-pyrrole nitrogens is 1. The number of anilines is 1. The summed E-state index contributed by atoms with van der Waals surface area (Å²) in [5.41, 5.74) is 13.0. The van der Waals surface area contributed by atoms with E-state index in [4.69, 9.17) is 15.5 Å². The lowest BCUT2D eigenvalue weighted by molar-refractivity contribution is -0.384. The number of non-ortho nitro benzene ring substituents is 1. The SMILES string of the molecule is Cc1[nH]nc2c1C(c1ccc([N+](=O)[O-])cc1)c1c(nc3c(c1N)CCCC3)O2. The highest BCUT2D eigenvalue weighted by atomic mass is 16.6. The average molecular weight is 377 g/mol. The average Bonchev–Trinajstić information content (AvgIpc) is 3.07. The van der Waals surface area contributed by atoms with Gasteiger partial charge in [0.05, 0.1) is 10.5 Å². The van der Waals surface area contributed by atoms with E-state index in [1.54, 1.807) is 12.1 Å². The Morgan fingerprint density at radius 1 is 1.18 bits per heavy atom. The van der Waals surface area contributed by atoms with Gasteiger partial charge in [0.15, 0.2) is 0 Å². The summed E-state index contributed by atoms with van der Waals surface area (Å²) >= 11 is 0. The first-order chi connectivity index (χ1) is 13.5. The smallest absolute Gasteiger partial charge is 0.269 e. The van der Waals surface area contributed by atoms with E-state index in [0.29, 0.717) is 17.4 Å². The van der Waals surface area contributed by atoms with E-state index in [1.807, 2.05) is 6.92 Å². The molecule has 8 nitrogen and oxygen atoms in total. The molecule has 0 fully saturated rings. The molecule has 5 rings (SSSR count). The zero-order valence-electron chi connectivity index (χ0n) is 15.4. The molecule has 3 heterocycles. The molecule has 142 valence electrons. The Labute approximate surface area is 160 Å². The lowest BCUT2D eigenvalue weighted by atomic mass is 9.81. The van der Waals surface area contributed by atoms with E-state index >= 15 is 0 Å². The molecule has 0 saturated carbocycles. The van der Waals surface area contributed by atoms with Crippen molar-refractivity contribution in [1.82, 2.24) is 15.2 Å². The zero-order valence-corrected chi connectivity index (χ0v) is 15.4. The van der Waals surface area contributed by atoms with Crippen LogP contribution in [0.15, 0.2) is 24.3 Å². The quantitative estimate of drug-likeness (QED) is 0.405. The van der Waals surface area contributed by atoms with Gasteiger partial charge in [-0.2, -0.15) is 0 Å². The lowest BCUT2D eigenvalue weighted by Crippen LogP contribution is -2.19. The number of aryl methyl sites for hydroxylation is 2. The van der Waals surface area contributed by atoms with Gasteiger partial charge in [-0.15, -0.1) is 5.10 Å². The number of fused-ring (bicyclic) bond motifs is 3. The first-order valence-corrected chi connectivity index (χ1v) is 9.32. The van der Waals surface area contributed by atoms with E-state index in [2.05, 4.69) is 10.2 Å². The number of rotatable bonds is 2. The maximum absolute atomic E-state index is 11.1. The van der Waals surface area contributed by atoms with Crippen molar-refractivity contribution in [3.8, 4) is 11.8 Å². The molecule has 1 atom stereocenters. The highest BCUT2D eigenvalue weighted by Crippen LogP contribution is 2.50. The van der Waals surface area contributed by atoms with Gasteiger partial charge < -0.3 is 10.5 Å². The monoisotopic (exact) mass is 377 g/mol. The van der Waals surface area contributed by atoms with Crippen LogP contribution in [0.2, 0.25) is 0 Å². The Morgan fingerprint density at radius 2 is 1.93 bits per heavy atom. The van der Waals surface area contributed by atoms with E-state index in [1.165, 1.54) is 12.1 Å². The van der Waals surface area contributed by atoms with Gasteiger partial charge in [-0.3, -0.25) is 15.2 Å². The molecule has 3 aromatic rings. The molecular weight excluding hydrogens is 358 g/mol. The number of nitrogens with two attached hydrogens (primary N) is 1. The van der Waals surface area contributed by atoms with Crippen molar-refractivity contribution in [1.29, 1.82) is 0 Å². The molecule has 0 saturated heterocycles. The van der Waals surface area contributed by atoms with Crippen LogP contribution in [-0.2, 0) is 12.8 Å². The van der Waals surface area contributed by atoms with Gasteiger partial charge in [0, 0.05) is 40.7 Å². The van der Waals surface area contributed by atoms with Crippen LogP contribution < -0.4 is 10.5 Å². The molecule has 3 N–H and O–H groups in total. The van der Waals surface area contributed by atoms with Gasteiger partial charge in [-0.25, -0.2) is 4.98 Å². The molecule has 1 aliphatic heterocycles. The minimum atomic E-state index is -0.400. The fraction of sp³-hybridized carbons (Fsp3) is 0.300. The zero-order chi connectivity index (χ0) is 19.4. The third-order valence-corrected chi connectivity index (χ3v) is 5.69. The predicted octanol–water partition coefficient (Wildman–Crippen LogP) is 3.77. The number of nitro benzene ring substituents is 1. The van der Waals surface area contributed by atoms with Gasteiger partial charge in [-0.1, -0.05) is 12.1 Å². The van der Waals surface area contributed by atoms with Crippen molar-refractivity contribution in [2.24, 2.45) is 0 Å². The van der Waals surface area contributed by atoms with Crippen LogP contribution in [0.5, 0.6) is 11.8 Å². The maximum Gasteiger partial charge on any atom is 0.269 e. The number of aromatic amines is 1. The standard InChI is InChI=1S/C20H19N5O3/c1-10-15-16(11-6-8-12(9-7-11)25(26)27)17-18(21)13-4-2-3-5-14(13)22-19(17)28-20(15)24-23-10/h6-9,16H,2-5H2,1H3,(H2,21,22)(H,23,24). The number of nitrogens with one attached hydrogen (secondary N) is 1. The summed E-state index contributed by atoms with van der Waals surface area (Å²) in [6, 6.07) is 6.57. The normalized spacial score (nSPS) is 17.2. The number of aromatic nitrogens is 3. The topological polar surface area (TPSA) is 120 Å². The molecule has 0 spiro atoms. The minimum absolute atomic E-state index is 0.0525. The van der Waals surface area contributed by atoms with Gasteiger partial charge in [-0.05, 0) is 43.7 Å². The lowest BCUT2D eigenvalue weighted by Gasteiger charge is -2.29. The largest absolute Gasteiger partial charge is 0.418 e. The molecule has 0 radical (unpaired) electrons. The van der Waals surface area contributed by atoms with E-state index in [-0.39, 0.29) is 11.6 Å². The molecule has 0 bridgehead atoms. The number of ether oxygens (including phenoxy) is 1. The summed E-state index contributed by atoms with van der Waals surface area (Å²) in [7, 11) is 0. The van der Waals surface area contributed by atoms with Gasteiger partial charge in [0.25, 0.3) is 5.69 Å². The van der Waals surface area contributed by atoms with Crippen LogP contribution >= 0.6 is 0 Å². The molecule has 0 amide bonds. The number of hydrogen-bond donors (Lipinski definition) is 2. The van der Waals surface area contributed by atoms with E-state index in [9.17, 15) is 10.1 Å². The fourth-order valence-corrected chi connectivity index (χ4v) is 4.31. The number of benzene rings is 1. The second kappa shape index (κ2) is 6.05. The van der Waals surface area contributed by atoms with Gasteiger partial charge >= 0.3 is 0 Å². The first kappa shape index (κ1) is 16.7. The van der Waals surface area contributed by atoms with Crippen LogP contribution in [0, 0.1) is 17.0 Å². The fourth-order valence-electron chi connectivity index (χ4n) is 4.31. The molecule has 1 aromatic carbocycles. The Morgan fingerprint density at radius 3 is 2.68 bits per heavy atom. The van der Waals surface area contributed by atoms with Crippen molar-refractivity contribution >= 4 is 11.4 Å². The van der Waals surface area contributed by atoms with Gasteiger partial charge in [0.2, 0.25) is 11.8 Å². The van der Waals surface area contributed by atoms with Gasteiger partial charge in [0.1, 0.15) is 0 Å². The number of pyridine rings is 1. The second-order valence-electron chi connectivity index (χ2n) is 7.33. The van der Waals surface area contributed by atoms with Crippen molar-refractivity contribution in [3.63, 3.8) is 0 Å². The van der Waals surface area contributed by atoms with Crippen molar-refractivity contribution in [2.45, 2.75) is 38.5 Å². The van der Waals surface area contributed by atoms with E-state index in [0.717, 1.165) is 59.3 Å². The molecule has 2 aromatic heterocycles. The predicted molar refractivity (Wildman–Crippen MR) is 103 cm³/mol. The number of nitro groups is 1. The summed E-state index contributed by atoms with van der Waals surface area (Å²) in [5.74, 6) is 0.731. The third kappa shape index (κ3) is 2.37. The van der Waals surface area contributed by atoms with Crippen LogP contribution in [0.4, 0.5) is 11.4 Å². The van der Waals surface area contributed by atoms with Crippen LogP contribution in [0.1, 0.15) is 52.4 Å². The summed E-state index contributed by atoms with van der Waals surface area (Å²) < 4.78 is 6.02. The Bertz CT molecular complexity index is 1100. The highest BCUT2D eigenvalue weighted by Gasteiger charge is 2.37. The molecule has 28 heavy (non-hydrogen) atoms. The maximum atomic E-state index is 11.1. The molecule has 2 aliphatic rings. The molecule has 1 aliphatic carbocycles. The van der Waals surface area contributed by atoms with Crippen molar-refractivity contribution < 1.29 is 9.66 Å². The number of hydrogen-bond acceptors (Lipinski definition) is 6. The number of nitrogen functional groups attached to an aromatic ring is 1. The first-order valence-electron chi connectivity index (χ1n) is 9.32. The van der Waals surface area contributed by atoms with Crippen molar-refractivity contribution in [3.05, 3.63) is 68.0 Å². The Kier molecular flexibility index (Phi) is 3.61. The molecule has 8 heteroatoms. The van der Waals surface area contributed by atoms with Crippen LogP contribution in [0.25, 0.3) is 0 Å². The highest BCUT2D eigenvalue weighted by molar-refractivity contribution is 5.69. The number of nitrogens with zero attached hydrogens (tertiary/aromatic N) is 3. The summed E-state index contributed by atoms with van der Waals surface area (Å²) in [4.78, 5) is 15.4. The molecule has 1 unspecified atom stereocenters. The Hall–Kier alpha value is -3.42. The second-order valence-corrected chi connectivity index (χ2v) is 7.33. The molecular formula is C20H19N5O3. The van der Waals surface area contributed by atoms with Crippen LogP contribution in [0.3, 0.4) is 0 Å². The Balaban J connectivity index is 1.74. The summed E-state index contributed by atoms with van der Waals surface area (Å²) in [6.45, 7) is 1.93. The summed E-state index contributed by atoms with van der Waals surface area (Å²) in [6.07, 6.45) is 3.99. The van der Waals surface area contributed by atoms with Crippen molar-refractivity contribution in [2.75, 3.05) is 5.73 Å². The van der Waals surface area contributed by atoms with E-state index < -0.39 is 4.92 Å². The minimum Gasteiger partial charge on any atom is -0.418 e. The summed E-state index contributed by atoms with van der Waals surface area (Å²) in [5, 5.41) is 18.3. The third-order valence-electron chi connectivity index (χ3n) is 5.69.